The predicted octanol–water partition coefficient (Wildman–Crippen LogP) is 11.9. The zero-order valence-electron chi connectivity index (χ0n) is 42.4. The van der Waals surface area contributed by atoms with Crippen molar-refractivity contribution in [3.8, 4) is 0 Å². The quantitative estimate of drug-likeness (QED) is 0.0508. The standard InChI is InChI=1S/C52H102N4O4/c1-17-43(21-35(5)6)25-39(13)31-53-49(57)29-47(51(59)55-33-41(15)27-45(19-3)23-37(9)10)48(52(60)56-34-42(16)28-46(20-4)24-38(11)12)30-50(58)54-32-40(14)26-44(18-2)22-36(7)8/h35-48H,17-34H2,1-16H3,(H,53,57)(H,54,58)(H,55,59)(H,56,60). The van der Waals surface area contributed by atoms with Crippen molar-refractivity contribution in [3.63, 3.8) is 0 Å². The molecule has 0 aromatic rings. The Labute approximate surface area is 372 Å². The van der Waals surface area contributed by atoms with Crippen LogP contribution in [-0.2, 0) is 19.2 Å². The minimum absolute atomic E-state index is 0.141. The molecule has 0 spiro atoms. The van der Waals surface area contributed by atoms with Crippen molar-refractivity contribution >= 4 is 23.6 Å². The van der Waals surface area contributed by atoms with E-state index in [0.717, 1.165) is 77.0 Å². The summed E-state index contributed by atoms with van der Waals surface area (Å²) < 4.78 is 0. The molecule has 8 heteroatoms. The number of hydrogen-bond donors (Lipinski definition) is 4. The summed E-state index contributed by atoms with van der Waals surface area (Å²) in [6.45, 7) is 37.7. The highest BCUT2D eigenvalue weighted by Crippen LogP contribution is 2.28. The van der Waals surface area contributed by atoms with E-state index in [1.165, 1.54) is 0 Å². The summed E-state index contributed by atoms with van der Waals surface area (Å²) in [4.78, 5) is 56.5. The van der Waals surface area contributed by atoms with Gasteiger partial charge in [0.15, 0.2) is 0 Å². The Kier molecular flexibility index (Phi) is 31.4. The van der Waals surface area contributed by atoms with Crippen molar-refractivity contribution in [3.05, 3.63) is 0 Å². The number of nitrogens with one attached hydrogen (secondary N) is 4. The molecule has 0 saturated carbocycles. The van der Waals surface area contributed by atoms with Crippen molar-refractivity contribution in [2.75, 3.05) is 26.2 Å². The zero-order valence-corrected chi connectivity index (χ0v) is 42.4. The molecule has 0 aromatic heterocycles. The molecule has 0 aliphatic heterocycles. The summed E-state index contributed by atoms with van der Waals surface area (Å²) in [6, 6.07) is 0. The van der Waals surface area contributed by atoms with Crippen LogP contribution in [0.2, 0.25) is 0 Å². The van der Waals surface area contributed by atoms with Gasteiger partial charge in [-0.05, 0) is 122 Å². The minimum atomic E-state index is -0.979. The SMILES string of the molecule is CCC(CC(C)C)CC(C)CNC(=O)CC(C(=O)NCC(C)CC(CC)CC(C)C)C(CC(=O)NCC(C)CC(CC)CC(C)C)C(=O)NCC(C)CC(CC)CC(C)C. The molecule has 0 fully saturated rings. The molecule has 0 saturated heterocycles. The van der Waals surface area contributed by atoms with Gasteiger partial charge in [0.2, 0.25) is 23.6 Å². The van der Waals surface area contributed by atoms with E-state index >= 15 is 0 Å². The molecule has 0 aliphatic carbocycles. The van der Waals surface area contributed by atoms with E-state index < -0.39 is 11.8 Å². The third kappa shape index (κ3) is 27.7. The third-order valence-corrected chi connectivity index (χ3v) is 13.0. The second kappa shape index (κ2) is 32.5. The maximum Gasteiger partial charge on any atom is 0.224 e. The van der Waals surface area contributed by atoms with E-state index in [4.69, 9.17) is 0 Å². The van der Waals surface area contributed by atoms with Crippen LogP contribution in [0.1, 0.15) is 201 Å². The summed E-state index contributed by atoms with van der Waals surface area (Å²) in [7, 11) is 0. The number of rotatable bonds is 35. The third-order valence-electron chi connectivity index (χ3n) is 13.0. The summed E-state index contributed by atoms with van der Waals surface area (Å²) in [5.41, 5.74) is 0. The van der Waals surface area contributed by atoms with Crippen LogP contribution < -0.4 is 21.3 Å². The molecule has 60 heavy (non-hydrogen) atoms. The molecule has 4 amide bonds. The van der Waals surface area contributed by atoms with Gasteiger partial charge in [0, 0.05) is 39.0 Å². The van der Waals surface area contributed by atoms with Crippen molar-refractivity contribution in [1.29, 1.82) is 0 Å². The summed E-state index contributed by atoms with van der Waals surface area (Å²) in [5.74, 6) is 2.78. The van der Waals surface area contributed by atoms with Crippen LogP contribution in [0.15, 0.2) is 0 Å². The van der Waals surface area contributed by atoms with Gasteiger partial charge in [0.1, 0.15) is 0 Å². The normalized spacial score (nSPS) is 17.1. The lowest BCUT2D eigenvalue weighted by atomic mass is 9.83. The van der Waals surface area contributed by atoms with Crippen molar-refractivity contribution in [1.82, 2.24) is 21.3 Å². The van der Waals surface area contributed by atoms with Gasteiger partial charge in [0.05, 0.1) is 11.8 Å². The van der Waals surface area contributed by atoms with E-state index in [-0.39, 0.29) is 60.1 Å². The fourth-order valence-corrected chi connectivity index (χ4v) is 9.76. The summed E-state index contributed by atoms with van der Waals surface area (Å²) in [6.07, 6.45) is 12.8. The average molecular weight is 847 g/mol. The Balaban J connectivity index is 6.48. The molecule has 0 heterocycles. The van der Waals surface area contributed by atoms with Gasteiger partial charge in [-0.3, -0.25) is 19.2 Å². The fourth-order valence-electron chi connectivity index (χ4n) is 9.76. The number of carbonyl (C=O) groups is 4. The van der Waals surface area contributed by atoms with Gasteiger partial charge < -0.3 is 21.3 Å². The molecule has 354 valence electrons. The minimum Gasteiger partial charge on any atom is -0.356 e. The first-order valence-electron chi connectivity index (χ1n) is 25.2. The second-order valence-corrected chi connectivity index (χ2v) is 21.7. The zero-order chi connectivity index (χ0) is 45.9. The van der Waals surface area contributed by atoms with Crippen LogP contribution in [-0.4, -0.2) is 49.8 Å². The second-order valence-electron chi connectivity index (χ2n) is 21.7. The van der Waals surface area contributed by atoms with Crippen molar-refractivity contribution in [2.45, 2.75) is 201 Å². The Morgan fingerprint density at radius 2 is 0.550 bits per heavy atom. The molecule has 0 aliphatic rings. The van der Waals surface area contributed by atoms with Crippen LogP contribution in [0.5, 0.6) is 0 Å². The lowest BCUT2D eigenvalue weighted by Crippen LogP contribution is -2.47. The lowest BCUT2D eigenvalue weighted by Gasteiger charge is -2.28. The van der Waals surface area contributed by atoms with Gasteiger partial charge in [-0.25, -0.2) is 0 Å². The molecule has 10 unspecified atom stereocenters. The Morgan fingerprint density at radius 1 is 0.333 bits per heavy atom. The van der Waals surface area contributed by atoms with E-state index in [2.05, 4.69) is 132 Å². The van der Waals surface area contributed by atoms with Crippen LogP contribution in [0.4, 0.5) is 0 Å². The van der Waals surface area contributed by atoms with Gasteiger partial charge in [-0.2, -0.15) is 0 Å². The van der Waals surface area contributed by atoms with Crippen molar-refractivity contribution in [2.24, 2.45) is 82.9 Å². The lowest BCUT2D eigenvalue weighted by molar-refractivity contribution is -0.140. The number of carbonyl (C=O) groups excluding carboxylic acids is 4. The molecular formula is C52H102N4O4. The highest BCUT2D eigenvalue weighted by atomic mass is 16.2. The van der Waals surface area contributed by atoms with Crippen LogP contribution in [0.25, 0.3) is 0 Å². The van der Waals surface area contributed by atoms with E-state index in [1.54, 1.807) is 0 Å². The number of hydrogen-bond acceptors (Lipinski definition) is 4. The maximum atomic E-state index is 14.4. The van der Waals surface area contributed by atoms with Crippen LogP contribution in [0, 0.1) is 82.9 Å². The smallest absolute Gasteiger partial charge is 0.224 e. The molecule has 4 N–H and O–H groups in total. The molecule has 8 nitrogen and oxygen atoms in total. The molecular weight excluding hydrogens is 745 g/mol. The molecule has 0 bridgehead atoms. The fraction of sp³-hybridized carbons (Fsp3) is 0.923. The first kappa shape index (κ1) is 57.9. The Morgan fingerprint density at radius 3 is 0.750 bits per heavy atom. The van der Waals surface area contributed by atoms with Crippen LogP contribution in [0.3, 0.4) is 0 Å². The molecule has 10 atom stereocenters. The summed E-state index contributed by atoms with van der Waals surface area (Å²) in [5, 5.41) is 12.6. The van der Waals surface area contributed by atoms with Crippen LogP contribution >= 0.6 is 0 Å². The largest absolute Gasteiger partial charge is 0.356 e. The topological polar surface area (TPSA) is 116 Å². The maximum absolute atomic E-state index is 14.4. The highest BCUT2D eigenvalue weighted by molar-refractivity contribution is 5.93. The Hall–Kier alpha value is -2.12. The summed E-state index contributed by atoms with van der Waals surface area (Å²) >= 11 is 0. The van der Waals surface area contributed by atoms with Gasteiger partial charge in [-0.15, -0.1) is 0 Å². The van der Waals surface area contributed by atoms with Crippen molar-refractivity contribution < 1.29 is 19.2 Å². The highest BCUT2D eigenvalue weighted by Gasteiger charge is 2.37. The van der Waals surface area contributed by atoms with E-state index in [0.29, 0.717) is 73.5 Å². The van der Waals surface area contributed by atoms with Gasteiger partial charge in [-0.1, -0.05) is 136 Å². The number of amides is 4. The molecule has 0 aromatic carbocycles. The van der Waals surface area contributed by atoms with E-state index in [9.17, 15) is 19.2 Å². The predicted molar refractivity (Wildman–Crippen MR) is 256 cm³/mol. The first-order chi connectivity index (χ1) is 28.1. The Bertz CT molecular complexity index is 1070. The van der Waals surface area contributed by atoms with E-state index in [1.807, 2.05) is 0 Å². The van der Waals surface area contributed by atoms with Gasteiger partial charge >= 0.3 is 0 Å². The first-order valence-corrected chi connectivity index (χ1v) is 25.2. The average Bonchev–Trinajstić information content (AvgIpc) is 3.16. The molecule has 0 rings (SSSR count). The monoisotopic (exact) mass is 847 g/mol. The molecule has 0 radical (unpaired) electrons. The van der Waals surface area contributed by atoms with Gasteiger partial charge in [0.25, 0.3) is 0 Å².